The van der Waals surface area contributed by atoms with Gasteiger partial charge >= 0.3 is 0 Å². The van der Waals surface area contributed by atoms with E-state index in [0.29, 0.717) is 11.5 Å². The van der Waals surface area contributed by atoms with Gasteiger partial charge in [0.1, 0.15) is 13.0 Å². The monoisotopic (exact) mass is 248 g/mol. The van der Waals surface area contributed by atoms with Gasteiger partial charge in [-0.2, -0.15) is 0 Å². The molecule has 88 valence electrons. The van der Waals surface area contributed by atoms with Crippen LogP contribution in [-0.2, 0) is 4.57 Å². The highest BCUT2D eigenvalue weighted by Gasteiger charge is 2.24. The van der Waals surface area contributed by atoms with Gasteiger partial charge in [-0.15, -0.1) is 0 Å². The largest absolute Gasteiger partial charge is 0.314 e. The maximum atomic E-state index is 13.0. The lowest BCUT2D eigenvalue weighted by atomic mass is 10.3. The lowest BCUT2D eigenvalue weighted by molar-refractivity contribution is 0.587. The zero-order chi connectivity index (χ0) is 12.3. The third kappa shape index (κ3) is 2.32. The van der Waals surface area contributed by atoms with Crippen LogP contribution in [0.3, 0.4) is 0 Å². The number of hydrogen-bond acceptors (Lipinski definition) is 1. The van der Waals surface area contributed by atoms with Crippen molar-refractivity contribution in [2.24, 2.45) is 0 Å². The minimum Gasteiger partial charge on any atom is -0.314 e. The summed E-state index contributed by atoms with van der Waals surface area (Å²) in [5.74, 6) is -0.301. The fraction of sp³-hybridized carbons (Fsp3) is 0.143. The second-order valence-electron chi connectivity index (χ2n) is 3.87. The highest BCUT2D eigenvalue weighted by atomic mass is 31.2. The molecule has 3 heteroatoms. The van der Waals surface area contributed by atoms with E-state index in [9.17, 15) is 8.96 Å². The number of rotatable bonds is 3. The molecular formula is C14H14FOP. The molecule has 0 N–H and O–H groups in total. The molecule has 0 radical (unpaired) electrons. The SMILES string of the molecule is CCP(=O)(c1ccccc1)c1ccc(F)cc1. The molecule has 0 fully saturated rings. The summed E-state index contributed by atoms with van der Waals surface area (Å²) in [5.41, 5.74) is 0. The van der Waals surface area contributed by atoms with Gasteiger partial charge in [-0.05, 0) is 24.3 Å². The predicted octanol–water partition coefficient (Wildman–Crippen LogP) is 3.16. The van der Waals surface area contributed by atoms with Crippen LogP contribution in [-0.4, -0.2) is 6.16 Å². The van der Waals surface area contributed by atoms with E-state index in [2.05, 4.69) is 0 Å². The molecule has 0 aliphatic carbocycles. The average Bonchev–Trinajstić information content (AvgIpc) is 2.40. The van der Waals surface area contributed by atoms with E-state index in [1.165, 1.54) is 12.1 Å². The van der Waals surface area contributed by atoms with Crippen molar-refractivity contribution >= 4 is 17.8 Å². The summed E-state index contributed by atoms with van der Waals surface area (Å²) >= 11 is 0. The van der Waals surface area contributed by atoms with Crippen molar-refractivity contribution in [1.29, 1.82) is 0 Å². The molecule has 0 saturated heterocycles. The quantitative estimate of drug-likeness (QED) is 0.762. The minimum absolute atomic E-state index is 0.301. The van der Waals surface area contributed by atoms with Gasteiger partial charge < -0.3 is 4.57 Å². The maximum absolute atomic E-state index is 13.0. The Bertz CT molecular complexity index is 534. The van der Waals surface area contributed by atoms with E-state index in [-0.39, 0.29) is 5.82 Å². The van der Waals surface area contributed by atoms with Crippen LogP contribution in [0.15, 0.2) is 54.6 Å². The molecule has 2 rings (SSSR count). The Morgan fingerprint density at radius 2 is 1.47 bits per heavy atom. The van der Waals surface area contributed by atoms with Crippen molar-refractivity contribution in [1.82, 2.24) is 0 Å². The van der Waals surface area contributed by atoms with E-state index < -0.39 is 7.14 Å². The van der Waals surface area contributed by atoms with Gasteiger partial charge in [-0.3, -0.25) is 0 Å². The zero-order valence-electron chi connectivity index (χ0n) is 9.64. The molecule has 0 amide bonds. The molecular weight excluding hydrogens is 234 g/mol. The van der Waals surface area contributed by atoms with Gasteiger partial charge in [0, 0.05) is 16.8 Å². The van der Waals surface area contributed by atoms with Crippen molar-refractivity contribution in [3.63, 3.8) is 0 Å². The first kappa shape index (κ1) is 12.1. The van der Waals surface area contributed by atoms with Crippen LogP contribution in [0.25, 0.3) is 0 Å². The summed E-state index contributed by atoms with van der Waals surface area (Å²) in [7, 11) is -2.59. The highest BCUT2D eigenvalue weighted by molar-refractivity contribution is 7.78. The summed E-state index contributed by atoms with van der Waals surface area (Å²) in [6, 6.07) is 15.3. The second kappa shape index (κ2) is 4.85. The molecule has 0 bridgehead atoms. The van der Waals surface area contributed by atoms with E-state index in [1.54, 1.807) is 12.1 Å². The summed E-state index contributed by atoms with van der Waals surface area (Å²) in [6.45, 7) is 1.90. The van der Waals surface area contributed by atoms with Crippen molar-refractivity contribution in [3.05, 3.63) is 60.4 Å². The molecule has 0 aromatic heterocycles. The summed E-state index contributed by atoms with van der Waals surface area (Å²) in [6.07, 6.45) is 0.544. The summed E-state index contributed by atoms with van der Waals surface area (Å²) in [5, 5.41) is 1.54. The average molecular weight is 248 g/mol. The molecule has 2 aromatic carbocycles. The molecule has 0 aliphatic rings. The van der Waals surface area contributed by atoms with Crippen molar-refractivity contribution in [2.75, 3.05) is 6.16 Å². The predicted molar refractivity (Wildman–Crippen MR) is 70.3 cm³/mol. The Morgan fingerprint density at radius 3 is 2.00 bits per heavy atom. The molecule has 0 spiro atoms. The normalized spacial score (nSPS) is 14.2. The van der Waals surface area contributed by atoms with Crippen molar-refractivity contribution in [2.45, 2.75) is 6.92 Å². The molecule has 2 aromatic rings. The molecule has 0 aliphatic heterocycles. The first-order chi connectivity index (χ1) is 8.16. The lowest BCUT2D eigenvalue weighted by Gasteiger charge is -2.17. The van der Waals surface area contributed by atoms with Crippen LogP contribution >= 0.6 is 7.14 Å². The Labute approximate surface area is 101 Å². The zero-order valence-corrected chi connectivity index (χ0v) is 10.5. The van der Waals surface area contributed by atoms with Crippen LogP contribution in [0.5, 0.6) is 0 Å². The molecule has 0 heterocycles. The molecule has 1 nitrogen and oxygen atoms in total. The van der Waals surface area contributed by atoms with E-state index in [4.69, 9.17) is 0 Å². The van der Waals surface area contributed by atoms with E-state index in [0.717, 1.165) is 5.30 Å². The number of benzene rings is 2. The maximum Gasteiger partial charge on any atom is 0.142 e. The standard InChI is InChI=1S/C14H14FOP/c1-2-17(16,13-6-4-3-5-7-13)14-10-8-12(15)9-11-14/h3-11H,2H2,1H3. The molecule has 1 unspecified atom stereocenters. The van der Waals surface area contributed by atoms with Gasteiger partial charge in [0.25, 0.3) is 0 Å². The van der Waals surface area contributed by atoms with Crippen LogP contribution in [0, 0.1) is 5.82 Å². The van der Waals surface area contributed by atoms with Crippen LogP contribution in [0.1, 0.15) is 6.92 Å². The second-order valence-corrected chi connectivity index (χ2v) is 7.01. The third-order valence-corrected chi connectivity index (χ3v) is 6.02. The fourth-order valence-electron chi connectivity index (χ4n) is 1.86. The van der Waals surface area contributed by atoms with Crippen molar-refractivity contribution in [3.8, 4) is 0 Å². The van der Waals surface area contributed by atoms with Crippen molar-refractivity contribution < 1.29 is 8.96 Å². The Balaban J connectivity index is 2.52. The van der Waals surface area contributed by atoms with Gasteiger partial charge in [-0.25, -0.2) is 4.39 Å². The molecule has 0 saturated carbocycles. The van der Waals surface area contributed by atoms with Crippen LogP contribution in [0.2, 0.25) is 0 Å². The Kier molecular flexibility index (Phi) is 3.44. The lowest BCUT2D eigenvalue weighted by Crippen LogP contribution is -2.17. The van der Waals surface area contributed by atoms with Gasteiger partial charge in [0.05, 0.1) is 0 Å². The Morgan fingerprint density at radius 1 is 0.941 bits per heavy atom. The fourth-order valence-corrected chi connectivity index (χ4v) is 4.18. The Hall–Kier alpha value is -1.40. The first-order valence-corrected chi connectivity index (χ1v) is 7.47. The molecule has 17 heavy (non-hydrogen) atoms. The van der Waals surface area contributed by atoms with Crippen LogP contribution in [0.4, 0.5) is 4.39 Å². The third-order valence-electron chi connectivity index (χ3n) is 2.86. The van der Waals surface area contributed by atoms with Gasteiger partial charge in [0.2, 0.25) is 0 Å². The summed E-state index contributed by atoms with van der Waals surface area (Å²) in [4.78, 5) is 0. The molecule has 1 atom stereocenters. The minimum atomic E-state index is -2.59. The van der Waals surface area contributed by atoms with E-state index >= 15 is 0 Å². The number of hydrogen-bond donors (Lipinski definition) is 0. The van der Waals surface area contributed by atoms with Gasteiger partial charge in [-0.1, -0.05) is 37.3 Å². The topological polar surface area (TPSA) is 17.1 Å². The van der Waals surface area contributed by atoms with Gasteiger partial charge in [0.15, 0.2) is 0 Å². The first-order valence-electron chi connectivity index (χ1n) is 5.57. The smallest absolute Gasteiger partial charge is 0.142 e. The van der Waals surface area contributed by atoms with E-state index in [1.807, 2.05) is 37.3 Å². The van der Waals surface area contributed by atoms with Crippen LogP contribution < -0.4 is 10.6 Å². The number of halogens is 1. The summed E-state index contributed by atoms with van der Waals surface area (Å²) < 4.78 is 25.9. The highest BCUT2D eigenvalue weighted by Crippen LogP contribution is 2.42.